The first-order chi connectivity index (χ1) is 11.1. The number of carbonyl (C=O) groups excluding carboxylic acids is 1. The van der Waals surface area contributed by atoms with E-state index in [1.54, 1.807) is 6.07 Å². The first-order valence-corrected chi connectivity index (χ1v) is 7.96. The summed E-state index contributed by atoms with van der Waals surface area (Å²) in [7, 11) is 1.31. The van der Waals surface area contributed by atoms with E-state index in [4.69, 9.17) is 4.74 Å². The van der Waals surface area contributed by atoms with Crippen LogP contribution in [0.2, 0.25) is 0 Å². The topological polar surface area (TPSA) is 75.9 Å². The summed E-state index contributed by atoms with van der Waals surface area (Å²) in [5, 5.41) is 11.3. The molecular formula is C16H21N3O4. The van der Waals surface area contributed by atoms with Gasteiger partial charge < -0.3 is 9.64 Å². The fourth-order valence-electron chi connectivity index (χ4n) is 3.54. The number of ether oxygens (including phenoxy) is 1. The molecule has 1 aromatic carbocycles. The van der Waals surface area contributed by atoms with Crippen molar-refractivity contribution in [3.63, 3.8) is 0 Å². The van der Waals surface area contributed by atoms with E-state index in [9.17, 15) is 14.9 Å². The maximum absolute atomic E-state index is 11.7. The van der Waals surface area contributed by atoms with Gasteiger partial charge in [-0.2, -0.15) is 0 Å². The van der Waals surface area contributed by atoms with Gasteiger partial charge in [-0.3, -0.25) is 15.0 Å². The number of carbonyl (C=O) groups is 1. The number of esters is 1. The molecule has 0 spiro atoms. The van der Waals surface area contributed by atoms with Crippen molar-refractivity contribution in [3.8, 4) is 0 Å². The van der Waals surface area contributed by atoms with Gasteiger partial charge >= 0.3 is 5.97 Å². The fourth-order valence-corrected chi connectivity index (χ4v) is 3.54. The number of benzene rings is 1. The van der Waals surface area contributed by atoms with E-state index in [0.717, 1.165) is 32.6 Å². The van der Waals surface area contributed by atoms with Gasteiger partial charge in [0.05, 0.1) is 17.6 Å². The number of methoxy groups -OCH3 is 1. The second kappa shape index (κ2) is 6.54. The van der Waals surface area contributed by atoms with Gasteiger partial charge in [0.25, 0.3) is 5.69 Å². The lowest BCUT2D eigenvalue weighted by atomic mass is 10.1. The average molecular weight is 319 g/mol. The van der Waals surface area contributed by atoms with E-state index >= 15 is 0 Å². The van der Waals surface area contributed by atoms with Crippen LogP contribution in [0, 0.1) is 10.1 Å². The molecule has 2 aliphatic rings. The quantitative estimate of drug-likeness (QED) is 0.480. The van der Waals surface area contributed by atoms with Crippen molar-refractivity contribution in [2.75, 3.05) is 38.2 Å². The minimum atomic E-state index is -0.476. The molecule has 7 heteroatoms. The van der Waals surface area contributed by atoms with Crippen molar-refractivity contribution in [1.29, 1.82) is 0 Å². The minimum Gasteiger partial charge on any atom is -0.465 e. The predicted molar refractivity (Wildman–Crippen MR) is 85.9 cm³/mol. The first kappa shape index (κ1) is 15.7. The molecule has 0 aliphatic carbocycles. The lowest BCUT2D eigenvalue weighted by Gasteiger charge is -2.24. The monoisotopic (exact) mass is 319 g/mol. The molecule has 3 rings (SSSR count). The zero-order valence-corrected chi connectivity index (χ0v) is 13.2. The maximum Gasteiger partial charge on any atom is 0.337 e. The Labute approximate surface area is 135 Å². The Bertz CT molecular complexity index is 613. The van der Waals surface area contributed by atoms with Crippen LogP contribution >= 0.6 is 0 Å². The summed E-state index contributed by atoms with van der Waals surface area (Å²) in [6.45, 7) is 3.77. The van der Waals surface area contributed by atoms with Crippen molar-refractivity contribution in [3.05, 3.63) is 33.9 Å². The Morgan fingerprint density at radius 3 is 2.70 bits per heavy atom. The molecule has 2 saturated heterocycles. The van der Waals surface area contributed by atoms with Gasteiger partial charge in [0.15, 0.2) is 0 Å². The lowest BCUT2D eigenvalue weighted by Crippen LogP contribution is -2.35. The van der Waals surface area contributed by atoms with Crippen LogP contribution in [0.5, 0.6) is 0 Å². The number of hydrogen-bond donors (Lipinski definition) is 0. The van der Waals surface area contributed by atoms with E-state index < -0.39 is 5.97 Å². The normalized spacial score (nSPS) is 21.6. The smallest absolute Gasteiger partial charge is 0.337 e. The highest BCUT2D eigenvalue weighted by Crippen LogP contribution is 2.33. The highest BCUT2D eigenvalue weighted by molar-refractivity contribution is 5.91. The molecule has 0 bridgehead atoms. The maximum atomic E-state index is 11.7. The predicted octanol–water partition coefficient (Wildman–Crippen LogP) is 2.06. The Balaban J connectivity index is 1.85. The summed E-state index contributed by atoms with van der Waals surface area (Å²) >= 11 is 0. The molecule has 0 amide bonds. The Kier molecular flexibility index (Phi) is 4.47. The molecule has 1 aromatic rings. The molecule has 0 radical (unpaired) electrons. The van der Waals surface area contributed by atoms with Crippen LogP contribution in [0.4, 0.5) is 11.4 Å². The molecule has 1 unspecified atom stereocenters. The molecule has 1 atom stereocenters. The summed E-state index contributed by atoms with van der Waals surface area (Å²) in [5.41, 5.74) is 0.900. The number of hydrogen-bond acceptors (Lipinski definition) is 6. The van der Waals surface area contributed by atoms with Gasteiger partial charge in [-0.15, -0.1) is 0 Å². The summed E-state index contributed by atoms with van der Waals surface area (Å²) in [5.74, 6) is -0.476. The zero-order valence-electron chi connectivity index (χ0n) is 13.2. The number of rotatable bonds is 4. The van der Waals surface area contributed by atoms with Crippen LogP contribution in [0.25, 0.3) is 0 Å². The molecule has 124 valence electrons. The molecule has 23 heavy (non-hydrogen) atoms. The highest BCUT2D eigenvalue weighted by atomic mass is 16.6. The second-order valence-electron chi connectivity index (χ2n) is 6.08. The molecule has 0 N–H and O–H groups in total. The van der Waals surface area contributed by atoms with Gasteiger partial charge in [-0.05, 0) is 44.5 Å². The molecule has 2 aliphatic heterocycles. The van der Waals surface area contributed by atoms with E-state index in [1.807, 2.05) is 4.90 Å². The van der Waals surface area contributed by atoms with E-state index in [-0.39, 0.29) is 10.6 Å². The number of nitro benzene ring substituents is 1. The first-order valence-electron chi connectivity index (χ1n) is 7.96. The van der Waals surface area contributed by atoms with Gasteiger partial charge in [0, 0.05) is 25.2 Å². The van der Waals surface area contributed by atoms with Crippen molar-refractivity contribution >= 4 is 17.3 Å². The molecule has 2 fully saturated rings. The third-order valence-electron chi connectivity index (χ3n) is 4.75. The van der Waals surface area contributed by atoms with Crippen LogP contribution in [0.1, 0.15) is 29.6 Å². The largest absolute Gasteiger partial charge is 0.465 e. The highest BCUT2D eigenvalue weighted by Gasteiger charge is 2.32. The summed E-state index contributed by atoms with van der Waals surface area (Å²) in [4.78, 5) is 27.1. The summed E-state index contributed by atoms with van der Waals surface area (Å²) in [6, 6.07) is 4.86. The van der Waals surface area contributed by atoms with Gasteiger partial charge in [0.1, 0.15) is 5.69 Å². The van der Waals surface area contributed by atoms with Crippen molar-refractivity contribution in [1.82, 2.24) is 4.90 Å². The molecule has 0 aromatic heterocycles. The van der Waals surface area contributed by atoms with Gasteiger partial charge in [0.2, 0.25) is 0 Å². The van der Waals surface area contributed by atoms with Gasteiger partial charge in [-0.1, -0.05) is 0 Å². The second-order valence-corrected chi connectivity index (χ2v) is 6.08. The Hall–Kier alpha value is -2.15. The van der Waals surface area contributed by atoms with Crippen LogP contribution in [-0.4, -0.2) is 55.1 Å². The van der Waals surface area contributed by atoms with E-state index in [2.05, 4.69) is 4.90 Å². The zero-order chi connectivity index (χ0) is 16.4. The number of nitrogens with zero attached hydrogens (tertiary/aromatic N) is 3. The average Bonchev–Trinajstić information content (AvgIpc) is 3.24. The third kappa shape index (κ3) is 3.14. The summed E-state index contributed by atoms with van der Waals surface area (Å²) < 4.78 is 4.72. The number of nitro groups is 1. The Morgan fingerprint density at radius 1 is 1.30 bits per heavy atom. The molecule has 0 saturated carbocycles. The Morgan fingerprint density at radius 2 is 2.04 bits per heavy atom. The van der Waals surface area contributed by atoms with Crippen LogP contribution in [0.3, 0.4) is 0 Å². The van der Waals surface area contributed by atoms with Crippen molar-refractivity contribution < 1.29 is 14.5 Å². The van der Waals surface area contributed by atoms with Crippen molar-refractivity contribution in [2.45, 2.75) is 25.3 Å². The van der Waals surface area contributed by atoms with Crippen LogP contribution in [0.15, 0.2) is 18.2 Å². The van der Waals surface area contributed by atoms with Crippen LogP contribution < -0.4 is 4.90 Å². The van der Waals surface area contributed by atoms with Crippen molar-refractivity contribution in [2.24, 2.45) is 0 Å². The minimum absolute atomic E-state index is 0.0414. The molecule has 7 nitrogen and oxygen atoms in total. The van der Waals surface area contributed by atoms with Crippen LogP contribution in [-0.2, 0) is 4.74 Å². The standard InChI is InChI=1S/C16H21N3O4/c1-23-16(20)12-4-5-14(19(21)22)15(10-12)18-9-6-13(11-18)17-7-2-3-8-17/h4-5,10,13H,2-3,6-9,11H2,1H3. The number of anilines is 1. The molecule has 2 heterocycles. The summed E-state index contributed by atoms with van der Waals surface area (Å²) in [6.07, 6.45) is 3.46. The molecular weight excluding hydrogens is 298 g/mol. The lowest BCUT2D eigenvalue weighted by molar-refractivity contribution is -0.384. The van der Waals surface area contributed by atoms with E-state index in [0.29, 0.717) is 17.3 Å². The number of likely N-dealkylation sites (tertiary alicyclic amines) is 1. The third-order valence-corrected chi connectivity index (χ3v) is 4.75. The fraction of sp³-hybridized carbons (Fsp3) is 0.562. The van der Waals surface area contributed by atoms with Gasteiger partial charge in [-0.25, -0.2) is 4.79 Å². The SMILES string of the molecule is COC(=O)c1ccc([N+](=O)[O-])c(N2CCC(N3CCCC3)C2)c1. The van der Waals surface area contributed by atoms with E-state index in [1.165, 1.54) is 32.1 Å².